The Morgan fingerprint density at radius 3 is 2.73 bits per heavy atom. The summed E-state index contributed by atoms with van der Waals surface area (Å²) in [6.45, 7) is 6.05. The van der Waals surface area contributed by atoms with Gasteiger partial charge in [0.1, 0.15) is 5.82 Å². The Hall–Kier alpha value is -2.26. The number of carbonyl (C=O) groups excluding carboxylic acids is 1. The number of carbonyl (C=O) groups is 1. The minimum absolute atomic E-state index is 0.0258. The summed E-state index contributed by atoms with van der Waals surface area (Å²) in [5.41, 5.74) is 0.311. The van der Waals surface area contributed by atoms with E-state index in [4.69, 9.17) is 0 Å². The van der Waals surface area contributed by atoms with Crippen LogP contribution in [0.15, 0.2) is 29.2 Å². The Bertz CT molecular complexity index is 848. The molecule has 0 saturated carbocycles. The smallest absolute Gasteiger partial charge is 0.251 e. The monoisotopic (exact) mass is 379 g/mol. The second kappa shape index (κ2) is 8.91. The molecule has 0 spiro atoms. The van der Waals surface area contributed by atoms with Gasteiger partial charge in [-0.2, -0.15) is 5.10 Å². The van der Waals surface area contributed by atoms with Gasteiger partial charge in [0.05, 0.1) is 10.9 Å². The first kappa shape index (κ1) is 20.1. The SMILES string of the molecule is CCCCCNC(=O)c1cccc(S(=O)(=O)N[C@H](C)c2n[nH]c(C)n2)c1. The predicted molar refractivity (Wildman–Crippen MR) is 98.2 cm³/mol. The van der Waals surface area contributed by atoms with Gasteiger partial charge in [0.25, 0.3) is 5.91 Å². The Kier molecular flexibility index (Phi) is 6.87. The number of amides is 1. The van der Waals surface area contributed by atoms with Crippen LogP contribution in [-0.4, -0.2) is 36.1 Å². The largest absolute Gasteiger partial charge is 0.352 e. The van der Waals surface area contributed by atoms with E-state index in [0.717, 1.165) is 19.3 Å². The predicted octanol–water partition coefficient (Wildman–Crippen LogP) is 2.07. The second-order valence-corrected chi connectivity index (χ2v) is 7.83. The molecule has 0 saturated heterocycles. The topological polar surface area (TPSA) is 117 Å². The molecule has 1 heterocycles. The summed E-state index contributed by atoms with van der Waals surface area (Å²) in [6, 6.07) is 5.36. The van der Waals surface area contributed by atoms with Crippen molar-refractivity contribution in [3.63, 3.8) is 0 Å². The van der Waals surface area contributed by atoms with Crippen molar-refractivity contribution in [2.24, 2.45) is 0 Å². The molecule has 1 aromatic heterocycles. The lowest BCUT2D eigenvalue weighted by Crippen LogP contribution is -2.28. The van der Waals surface area contributed by atoms with Gasteiger partial charge in [-0.25, -0.2) is 18.1 Å². The van der Waals surface area contributed by atoms with Crippen LogP contribution in [0.2, 0.25) is 0 Å². The number of unbranched alkanes of at least 4 members (excludes halogenated alkanes) is 2. The minimum atomic E-state index is -3.81. The van der Waals surface area contributed by atoms with Crippen LogP contribution in [0.3, 0.4) is 0 Å². The van der Waals surface area contributed by atoms with E-state index in [-0.39, 0.29) is 10.8 Å². The molecule has 9 heteroatoms. The third-order valence-electron chi connectivity index (χ3n) is 3.81. The van der Waals surface area contributed by atoms with Crippen LogP contribution in [0.4, 0.5) is 0 Å². The maximum Gasteiger partial charge on any atom is 0.251 e. The first-order valence-electron chi connectivity index (χ1n) is 8.63. The molecular formula is C17H25N5O3S. The lowest BCUT2D eigenvalue weighted by Gasteiger charge is -2.12. The van der Waals surface area contributed by atoms with E-state index in [1.54, 1.807) is 26.0 Å². The summed E-state index contributed by atoms with van der Waals surface area (Å²) in [4.78, 5) is 16.3. The highest BCUT2D eigenvalue weighted by Crippen LogP contribution is 2.16. The average Bonchev–Trinajstić information content (AvgIpc) is 3.05. The Morgan fingerprint density at radius 1 is 1.31 bits per heavy atom. The highest BCUT2D eigenvalue weighted by Gasteiger charge is 2.21. The van der Waals surface area contributed by atoms with Crippen LogP contribution in [0.5, 0.6) is 0 Å². The quantitative estimate of drug-likeness (QED) is 0.577. The number of rotatable bonds is 9. The van der Waals surface area contributed by atoms with Crippen LogP contribution >= 0.6 is 0 Å². The van der Waals surface area contributed by atoms with Gasteiger partial charge < -0.3 is 5.32 Å². The van der Waals surface area contributed by atoms with Crippen LogP contribution in [0.1, 0.15) is 61.2 Å². The maximum absolute atomic E-state index is 12.6. The number of benzene rings is 1. The zero-order valence-corrected chi connectivity index (χ0v) is 16.1. The molecule has 26 heavy (non-hydrogen) atoms. The molecule has 0 aliphatic carbocycles. The van der Waals surface area contributed by atoms with Crippen molar-refractivity contribution in [3.8, 4) is 0 Å². The molecule has 0 aliphatic heterocycles. The first-order chi connectivity index (χ1) is 12.3. The number of hydrogen-bond donors (Lipinski definition) is 3. The second-order valence-electron chi connectivity index (χ2n) is 6.11. The molecule has 0 aliphatic rings. The number of nitrogens with one attached hydrogen (secondary N) is 3. The molecule has 1 atom stereocenters. The van der Waals surface area contributed by atoms with Crippen LogP contribution in [0.25, 0.3) is 0 Å². The van der Waals surface area contributed by atoms with Crippen molar-refractivity contribution < 1.29 is 13.2 Å². The van der Waals surface area contributed by atoms with Crippen LogP contribution in [-0.2, 0) is 10.0 Å². The summed E-state index contributed by atoms with van der Waals surface area (Å²) in [6.07, 6.45) is 3.00. The number of H-pyrrole nitrogens is 1. The molecule has 142 valence electrons. The molecule has 0 fully saturated rings. The van der Waals surface area contributed by atoms with Gasteiger partial charge >= 0.3 is 0 Å². The van der Waals surface area contributed by atoms with Gasteiger partial charge in [-0.1, -0.05) is 25.8 Å². The molecule has 8 nitrogen and oxygen atoms in total. The normalized spacial score (nSPS) is 12.7. The Morgan fingerprint density at radius 2 is 2.08 bits per heavy atom. The van der Waals surface area contributed by atoms with E-state index < -0.39 is 16.1 Å². The molecule has 0 radical (unpaired) electrons. The minimum Gasteiger partial charge on any atom is -0.352 e. The van der Waals surface area contributed by atoms with Crippen LogP contribution < -0.4 is 10.0 Å². The number of sulfonamides is 1. The maximum atomic E-state index is 12.6. The van der Waals surface area contributed by atoms with Crippen LogP contribution in [0, 0.1) is 6.92 Å². The lowest BCUT2D eigenvalue weighted by molar-refractivity contribution is 0.0952. The summed E-state index contributed by atoms with van der Waals surface area (Å²) in [5.74, 6) is 0.680. The first-order valence-corrected chi connectivity index (χ1v) is 10.1. The van der Waals surface area contributed by atoms with Crippen molar-refractivity contribution in [1.29, 1.82) is 0 Å². The zero-order chi connectivity index (χ0) is 19.2. The van der Waals surface area contributed by atoms with E-state index >= 15 is 0 Å². The fraction of sp³-hybridized carbons (Fsp3) is 0.471. The summed E-state index contributed by atoms with van der Waals surface area (Å²) in [7, 11) is -3.81. The van der Waals surface area contributed by atoms with Crippen molar-refractivity contribution >= 4 is 15.9 Å². The van der Waals surface area contributed by atoms with Gasteiger partial charge in [-0.15, -0.1) is 0 Å². The zero-order valence-electron chi connectivity index (χ0n) is 15.2. The third kappa shape index (κ3) is 5.37. The van der Waals surface area contributed by atoms with E-state index in [9.17, 15) is 13.2 Å². The van der Waals surface area contributed by atoms with Gasteiger partial charge in [0.15, 0.2) is 5.82 Å². The van der Waals surface area contributed by atoms with Gasteiger partial charge in [0, 0.05) is 12.1 Å². The standard InChI is InChI=1S/C17H25N5O3S/c1-4-5-6-10-18-17(23)14-8-7-9-15(11-14)26(24,25)22-12(2)16-19-13(3)20-21-16/h7-9,11-12,22H,4-6,10H2,1-3H3,(H,18,23)(H,19,20,21)/t12-/m1/s1. The van der Waals surface area contributed by atoms with E-state index in [2.05, 4.69) is 32.1 Å². The fourth-order valence-electron chi connectivity index (χ4n) is 2.39. The van der Waals surface area contributed by atoms with E-state index in [0.29, 0.717) is 23.8 Å². The Balaban J connectivity index is 2.08. The molecule has 2 aromatic rings. The van der Waals surface area contributed by atoms with Crippen molar-refractivity contribution in [2.45, 2.75) is 51.0 Å². The number of nitrogens with zero attached hydrogens (tertiary/aromatic N) is 2. The van der Waals surface area contributed by atoms with E-state index in [1.807, 2.05) is 0 Å². The Labute approximate surface area is 153 Å². The summed E-state index contributed by atoms with van der Waals surface area (Å²) >= 11 is 0. The molecule has 1 aromatic carbocycles. The molecular weight excluding hydrogens is 354 g/mol. The molecule has 0 unspecified atom stereocenters. The van der Waals surface area contributed by atoms with Crippen molar-refractivity contribution in [3.05, 3.63) is 41.5 Å². The fourth-order valence-corrected chi connectivity index (χ4v) is 3.64. The molecule has 0 bridgehead atoms. The molecule has 1 amide bonds. The summed E-state index contributed by atoms with van der Waals surface area (Å²) in [5, 5.41) is 9.44. The van der Waals surface area contributed by atoms with Crippen molar-refractivity contribution in [1.82, 2.24) is 25.2 Å². The van der Waals surface area contributed by atoms with Gasteiger partial charge in [-0.3, -0.25) is 9.89 Å². The highest BCUT2D eigenvalue weighted by atomic mass is 32.2. The summed E-state index contributed by atoms with van der Waals surface area (Å²) < 4.78 is 27.7. The lowest BCUT2D eigenvalue weighted by atomic mass is 10.2. The number of aromatic amines is 1. The van der Waals surface area contributed by atoms with Gasteiger partial charge in [-0.05, 0) is 38.5 Å². The average molecular weight is 379 g/mol. The van der Waals surface area contributed by atoms with Gasteiger partial charge in [0.2, 0.25) is 10.0 Å². The number of hydrogen-bond acceptors (Lipinski definition) is 5. The number of aryl methyl sites for hydroxylation is 1. The third-order valence-corrected chi connectivity index (χ3v) is 5.34. The molecule has 2 rings (SSSR count). The highest BCUT2D eigenvalue weighted by molar-refractivity contribution is 7.89. The van der Waals surface area contributed by atoms with Crippen molar-refractivity contribution in [2.75, 3.05) is 6.54 Å². The number of aromatic nitrogens is 3. The molecule has 3 N–H and O–H groups in total. The van der Waals surface area contributed by atoms with E-state index in [1.165, 1.54) is 12.1 Å².